The maximum Gasteiger partial charge on any atom is 0.417 e. The first kappa shape index (κ1) is 17.9. The molecule has 4 aromatic rings. The molecule has 0 aliphatic rings. The van der Waals surface area contributed by atoms with Gasteiger partial charge in [0.15, 0.2) is 5.65 Å². The summed E-state index contributed by atoms with van der Waals surface area (Å²) in [6, 6.07) is 4.74. The van der Waals surface area contributed by atoms with Gasteiger partial charge in [0, 0.05) is 22.4 Å². The summed E-state index contributed by atoms with van der Waals surface area (Å²) in [5, 5.41) is 3.63. The molecule has 0 aliphatic heterocycles. The summed E-state index contributed by atoms with van der Waals surface area (Å²) >= 11 is 9.12. The summed E-state index contributed by atoms with van der Waals surface area (Å²) in [5.41, 5.74) is -0.173. The van der Waals surface area contributed by atoms with Crippen molar-refractivity contribution in [3.05, 3.63) is 57.5 Å². The van der Waals surface area contributed by atoms with Crippen molar-refractivity contribution >= 4 is 33.2 Å². The smallest absolute Gasteiger partial charge is 0.332 e. The lowest BCUT2D eigenvalue weighted by atomic mass is 10.2. The molecular formula is C16H6BrClF4N4O. The Labute approximate surface area is 161 Å². The van der Waals surface area contributed by atoms with E-state index >= 15 is 0 Å². The van der Waals surface area contributed by atoms with Crippen molar-refractivity contribution < 1.29 is 22.1 Å². The first-order chi connectivity index (χ1) is 12.7. The predicted molar refractivity (Wildman–Crippen MR) is 91.6 cm³/mol. The Morgan fingerprint density at radius 1 is 1.11 bits per heavy atom. The average Bonchev–Trinajstić information content (AvgIpc) is 3.20. The van der Waals surface area contributed by atoms with E-state index in [-0.39, 0.29) is 28.1 Å². The van der Waals surface area contributed by atoms with Crippen LogP contribution in [0.15, 0.2) is 45.7 Å². The van der Waals surface area contributed by atoms with E-state index in [1.54, 1.807) is 0 Å². The topological polar surface area (TPSA) is 56.2 Å². The Morgan fingerprint density at radius 3 is 2.59 bits per heavy atom. The molecule has 0 saturated heterocycles. The van der Waals surface area contributed by atoms with Gasteiger partial charge in [0.2, 0.25) is 5.82 Å². The van der Waals surface area contributed by atoms with Crippen molar-refractivity contribution in [1.82, 2.24) is 19.5 Å². The highest BCUT2D eigenvalue weighted by molar-refractivity contribution is 9.10. The Kier molecular flexibility index (Phi) is 4.19. The maximum absolute atomic E-state index is 13.2. The maximum atomic E-state index is 13.2. The molecule has 1 aromatic carbocycles. The molecule has 0 amide bonds. The van der Waals surface area contributed by atoms with Crippen molar-refractivity contribution in [3.63, 3.8) is 0 Å². The van der Waals surface area contributed by atoms with Gasteiger partial charge in [-0.2, -0.15) is 18.2 Å². The first-order valence-electron chi connectivity index (χ1n) is 7.27. The lowest BCUT2D eigenvalue weighted by Crippen LogP contribution is -2.06. The molecule has 0 radical (unpaired) electrons. The monoisotopic (exact) mass is 460 g/mol. The zero-order valence-electron chi connectivity index (χ0n) is 12.9. The fourth-order valence-electron chi connectivity index (χ4n) is 2.42. The van der Waals surface area contributed by atoms with Crippen LogP contribution in [0.4, 0.5) is 17.6 Å². The molecule has 27 heavy (non-hydrogen) atoms. The van der Waals surface area contributed by atoms with Gasteiger partial charge in [-0.1, -0.05) is 16.8 Å². The molecule has 3 heterocycles. The number of hydrogen-bond acceptors (Lipinski definition) is 4. The molecule has 0 saturated carbocycles. The molecule has 3 aromatic heterocycles. The van der Waals surface area contributed by atoms with Gasteiger partial charge >= 0.3 is 6.18 Å². The summed E-state index contributed by atoms with van der Waals surface area (Å²) < 4.78 is 58.7. The van der Waals surface area contributed by atoms with Crippen LogP contribution in [0.5, 0.6) is 0 Å². The number of hydrogen-bond donors (Lipinski definition) is 0. The number of rotatable bonds is 2. The second-order valence-electron chi connectivity index (χ2n) is 5.48. The molecule has 138 valence electrons. The van der Waals surface area contributed by atoms with Crippen LogP contribution in [0.2, 0.25) is 5.02 Å². The predicted octanol–water partition coefficient (Wildman–Crippen LogP) is 5.63. The Balaban J connectivity index is 1.77. The van der Waals surface area contributed by atoms with Crippen molar-refractivity contribution in [2.24, 2.45) is 0 Å². The number of imidazole rings is 1. The molecule has 5 nitrogen and oxygen atoms in total. The standard InChI is InChI=1S/C16H6BrClF4N4O/c17-10-4-8(19)1-2-9(10)13-24-15(27-25-13)12-6-26-5-7(16(20,21)22)3-11(18)14(26)23-12/h1-6H. The molecule has 11 heteroatoms. The molecule has 0 aliphatic carbocycles. The van der Waals surface area contributed by atoms with E-state index in [0.717, 1.165) is 16.7 Å². The van der Waals surface area contributed by atoms with Gasteiger partial charge in [0.05, 0.1) is 10.6 Å². The quantitative estimate of drug-likeness (QED) is 0.363. The third-order valence-corrected chi connectivity index (χ3v) is 4.59. The van der Waals surface area contributed by atoms with Gasteiger partial charge in [-0.15, -0.1) is 0 Å². The van der Waals surface area contributed by atoms with Crippen LogP contribution < -0.4 is 0 Å². The van der Waals surface area contributed by atoms with Gasteiger partial charge in [-0.25, -0.2) is 9.37 Å². The van der Waals surface area contributed by atoms with Crippen LogP contribution in [0.3, 0.4) is 0 Å². The van der Waals surface area contributed by atoms with E-state index in [1.807, 2.05) is 0 Å². The number of pyridine rings is 1. The third kappa shape index (κ3) is 3.30. The summed E-state index contributed by atoms with van der Waals surface area (Å²) in [6.45, 7) is 0. The van der Waals surface area contributed by atoms with Crippen molar-refractivity contribution in [1.29, 1.82) is 0 Å². The van der Waals surface area contributed by atoms with Crippen LogP contribution >= 0.6 is 27.5 Å². The molecule has 0 atom stereocenters. The Bertz CT molecular complexity index is 1170. The SMILES string of the molecule is Fc1ccc(-c2noc(-c3cn4cc(C(F)(F)F)cc(Cl)c4n3)n2)c(Br)c1. The lowest BCUT2D eigenvalue weighted by molar-refractivity contribution is -0.137. The van der Waals surface area contributed by atoms with Crippen molar-refractivity contribution in [2.45, 2.75) is 6.18 Å². The molecule has 4 rings (SSSR count). The van der Waals surface area contributed by atoms with Gasteiger partial charge in [0.1, 0.15) is 11.5 Å². The molecule has 0 unspecified atom stereocenters. The highest BCUT2D eigenvalue weighted by Gasteiger charge is 2.32. The number of aromatic nitrogens is 4. The molecule has 0 bridgehead atoms. The summed E-state index contributed by atoms with van der Waals surface area (Å²) in [7, 11) is 0. The van der Waals surface area contributed by atoms with Crippen LogP contribution in [-0.4, -0.2) is 19.5 Å². The minimum atomic E-state index is -4.55. The van der Waals surface area contributed by atoms with Crippen LogP contribution in [0.25, 0.3) is 28.6 Å². The molecule has 0 N–H and O–H groups in total. The summed E-state index contributed by atoms with van der Waals surface area (Å²) in [4.78, 5) is 8.31. The highest BCUT2D eigenvalue weighted by atomic mass is 79.9. The van der Waals surface area contributed by atoms with E-state index < -0.39 is 17.6 Å². The molecule has 0 fully saturated rings. The second kappa shape index (κ2) is 6.31. The fraction of sp³-hybridized carbons (Fsp3) is 0.0625. The minimum absolute atomic E-state index is 0.0189. The second-order valence-corrected chi connectivity index (χ2v) is 6.74. The summed E-state index contributed by atoms with van der Waals surface area (Å²) in [5.74, 6) is -0.296. The first-order valence-corrected chi connectivity index (χ1v) is 8.44. The number of nitrogens with zero attached hydrogens (tertiary/aromatic N) is 4. The number of benzene rings is 1. The number of fused-ring (bicyclic) bond motifs is 1. The Hall–Kier alpha value is -2.46. The van der Waals surface area contributed by atoms with Crippen LogP contribution in [0.1, 0.15) is 5.56 Å². The van der Waals surface area contributed by atoms with E-state index in [4.69, 9.17) is 16.1 Å². The Morgan fingerprint density at radius 2 is 1.89 bits per heavy atom. The zero-order chi connectivity index (χ0) is 19.3. The molecular weight excluding hydrogens is 456 g/mol. The number of halogens is 6. The van der Waals surface area contributed by atoms with Crippen molar-refractivity contribution in [3.8, 4) is 23.0 Å². The van der Waals surface area contributed by atoms with E-state index in [9.17, 15) is 17.6 Å². The average molecular weight is 462 g/mol. The largest absolute Gasteiger partial charge is 0.417 e. The minimum Gasteiger partial charge on any atom is -0.332 e. The van der Waals surface area contributed by atoms with Gasteiger partial charge in [-0.05, 0) is 40.2 Å². The van der Waals surface area contributed by atoms with Crippen molar-refractivity contribution in [2.75, 3.05) is 0 Å². The summed E-state index contributed by atoms with van der Waals surface area (Å²) in [6.07, 6.45) is -2.38. The zero-order valence-corrected chi connectivity index (χ0v) is 15.3. The van der Waals surface area contributed by atoms with E-state index in [2.05, 4.69) is 31.1 Å². The molecule has 0 spiro atoms. The van der Waals surface area contributed by atoms with E-state index in [1.165, 1.54) is 24.4 Å². The van der Waals surface area contributed by atoms with E-state index in [0.29, 0.717) is 10.0 Å². The normalized spacial score (nSPS) is 12.1. The third-order valence-electron chi connectivity index (χ3n) is 3.65. The van der Waals surface area contributed by atoms with Gasteiger partial charge in [-0.3, -0.25) is 0 Å². The lowest BCUT2D eigenvalue weighted by Gasteiger charge is -2.07. The van der Waals surface area contributed by atoms with Gasteiger partial charge in [0.25, 0.3) is 5.89 Å². The van der Waals surface area contributed by atoms with Crippen LogP contribution in [-0.2, 0) is 6.18 Å². The number of alkyl halides is 3. The fourth-order valence-corrected chi connectivity index (χ4v) is 3.21. The highest BCUT2D eigenvalue weighted by Crippen LogP contribution is 2.33. The van der Waals surface area contributed by atoms with Crippen LogP contribution in [0, 0.1) is 5.82 Å². The van der Waals surface area contributed by atoms with Gasteiger partial charge < -0.3 is 8.92 Å².